The van der Waals surface area contributed by atoms with E-state index < -0.39 is 0 Å². The van der Waals surface area contributed by atoms with Gasteiger partial charge in [0.2, 0.25) is 0 Å². The molecule has 2 atom stereocenters. The lowest BCUT2D eigenvalue weighted by Gasteiger charge is -2.43. The quantitative estimate of drug-likeness (QED) is 0.657. The van der Waals surface area contributed by atoms with E-state index in [1.807, 2.05) is 6.92 Å². The number of hydrogen-bond acceptors (Lipinski definition) is 3. The Balaban J connectivity index is 2.20. The average molecular weight is 236 g/mol. The van der Waals surface area contributed by atoms with E-state index in [-0.39, 0.29) is 17.5 Å². The fraction of sp³-hybridized carbons (Fsp3) is 0.714. The maximum absolute atomic E-state index is 11.7. The van der Waals surface area contributed by atoms with Crippen LogP contribution in [-0.4, -0.2) is 17.9 Å². The number of Topliss-reactive ketones (excluding diaryl/α,β-unsaturated/α-hetero) is 1. The van der Waals surface area contributed by atoms with Crippen molar-refractivity contribution in [1.29, 1.82) is 0 Å². The summed E-state index contributed by atoms with van der Waals surface area (Å²) in [7, 11) is 0. The van der Waals surface area contributed by atoms with E-state index in [0.717, 1.165) is 31.3 Å². The molecule has 94 valence electrons. The summed E-state index contributed by atoms with van der Waals surface area (Å²) in [6.07, 6.45) is 4.19. The second-order valence-corrected chi connectivity index (χ2v) is 5.56. The van der Waals surface area contributed by atoms with Gasteiger partial charge in [-0.3, -0.25) is 9.59 Å². The molecule has 0 heterocycles. The van der Waals surface area contributed by atoms with Gasteiger partial charge in [-0.05, 0) is 43.6 Å². The molecule has 0 aliphatic heterocycles. The number of rotatable bonds is 1. The highest BCUT2D eigenvalue weighted by atomic mass is 16.5. The van der Waals surface area contributed by atoms with Crippen LogP contribution in [0.4, 0.5) is 0 Å². The molecule has 0 saturated heterocycles. The zero-order chi connectivity index (χ0) is 12.6. The van der Waals surface area contributed by atoms with E-state index in [9.17, 15) is 9.59 Å². The van der Waals surface area contributed by atoms with Crippen molar-refractivity contribution < 1.29 is 14.3 Å². The van der Waals surface area contributed by atoms with Crippen molar-refractivity contribution in [2.75, 3.05) is 0 Å². The van der Waals surface area contributed by atoms with E-state index in [1.165, 1.54) is 12.5 Å². The first kappa shape index (κ1) is 12.3. The fourth-order valence-electron chi connectivity index (χ4n) is 3.31. The highest BCUT2D eigenvalue weighted by Gasteiger charge is 2.41. The highest BCUT2D eigenvalue weighted by molar-refractivity contribution is 5.96. The summed E-state index contributed by atoms with van der Waals surface area (Å²) in [5.74, 6) is 0.0954. The number of ketones is 1. The number of carbonyl (C=O) groups is 2. The molecule has 3 nitrogen and oxygen atoms in total. The first-order valence-corrected chi connectivity index (χ1v) is 6.33. The fourth-order valence-corrected chi connectivity index (χ4v) is 3.31. The van der Waals surface area contributed by atoms with Crippen molar-refractivity contribution in [3.8, 4) is 0 Å². The minimum atomic E-state index is -0.199. The Labute approximate surface area is 102 Å². The van der Waals surface area contributed by atoms with Crippen LogP contribution in [0.15, 0.2) is 11.1 Å². The molecule has 0 N–H and O–H groups in total. The van der Waals surface area contributed by atoms with Crippen LogP contribution < -0.4 is 0 Å². The van der Waals surface area contributed by atoms with Gasteiger partial charge >= 0.3 is 5.97 Å². The van der Waals surface area contributed by atoms with Gasteiger partial charge in [0, 0.05) is 13.3 Å². The number of allylic oxidation sites excluding steroid dienone is 2. The van der Waals surface area contributed by atoms with Gasteiger partial charge in [-0.15, -0.1) is 0 Å². The first-order chi connectivity index (χ1) is 7.92. The Morgan fingerprint density at radius 2 is 2.12 bits per heavy atom. The molecule has 3 heteroatoms. The summed E-state index contributed by atoms with van der Waals surface area (Å²) in [5, 5.41) is 0. The van der Waals surface area contributed by atoms with Crippen molar-refractivity contribution in [1.82, 2.24) is 0 Å². The summed E-state index contributed by atoms with van der Waals surface area (Å²) in [5.41, 5.74) is 2.33. The van der Waals surface area contributed by atoms with Crippen LogP contribution in [0.5, 0.6) is 0 Å². The molecule has 0 bridgehead atoms. The normalized spacial score (nSPS) is 33.4. The molecule has 2 aliphatic carbocycles. The van der Waals surface area contributed by atoms with Gasteiger partial charge in [-0.1, -0.05) is 12.5 Å². The molecule has 1 saturated carbocycles. The van der Waals surface area contributed by atoms with E-state index in [0.29, 0.717) is 12.2 Å². The Kier molecular flexibility index (Phi) is 3.11. The molecule has 0 amide bonds. The van der Waals surface area contributed by atoms with Crippen molar-refractivity contribution in [3.63, 3.8) is 0 Å². The third-order valence-electron chi connectivity index (χ3n) is 4.23. The molecule has 2 rings (SSSR count). The van der Waals surface area contributed by atoms with Gasteiger partial charge < -0.3 is 4.74 Å². The van der Waals surface area contributed by atoms with Crippen LogP contribution >= 0.6 is 0 Å². The van der Waals surface area contributed by atoms with Gasteiger partial charge in [0.05, 0.1) is 0 Å². The minimum absolute atomic E-state index is 0.0299. The average Bonchev–Trinajstić information content (AvgIpc) is 2.23. The van der Waals surface area contributed by atoms with Gasteiger partial charge in [-0.2, -0.15) is 0 Å². The van der Waals surface area contributed by atoms with E-state index in [4.69, 9.17) is 4.74 Å². The number of ether oxygens (including phenoxy) is 1. The monoisotopic (exact) mass is 236 g/mol. The second kappa shape index (κ2) is 4.28. The Bertz CT molecular complexity index is 394. The van der Waals surface area contributed by atoms with Crippen LogP contribution in [-0.2, 0) is 14.3 Å². The first-order valence-electron chi connectivity index (χ1n) is 6.33. The third kappa shape index (κ3) is 2.28. The summed E-state index contributed by atoms with van der Waals surface area (Å²) >= 11 is 0. The molecule has 2 aliphatic rings. The molecule has 0 unspecified atom stereocenters. The summed E-state index contributed by atoms with van der Waals surface area (Å²) < 4.78 is 5.32. The largest absolute Gasteiger partial charge is 0.463 e. The number of hydrogen-bond donors (Lipinski definition) is 0. The molecule has 0 aromatic carbocycles. The Morgan fingerprint density at radius 3 is 2.76 bits per heavy atom. The minimum Gasteiger partial charge on any atom is -0.463 e. The molecule has 1 fully saturated rings. The van der Waals surface area contributed by atoms with Gasteiger partial charge in [0.15, 0.2) is 5.78 Å². The lowest BCUT2D eigenvalue weighted by atomic mass is 9.63. The van der Waals surface area contributed by atoms with Gasteiger partial charge in [-0.25, -0.2) is 0 Å². The molecule has 0 radical (unpaired) electrons. The second-order valence-electron chi connectivity index (χ2n) is 5.56. The van der Waals surface area contributed by atoms with E-state index in [1.54, 1.807) is 0 Å². The van der Waals surface area contributed by atoms with Crippen molar-refractivity contribution in [3.05, 3.63) is 11.1 Å². The maximum Gasteiger partial charge on any atom is 0.302 e. The summed E-state index contributed by atoms with van der Waals surface area (Å²) in [6, 6.07) is 0. The lowest BCUT2D eigenvalue weighted by Crippen LogP contribution is -2.37. The van der Waals surface area contributed by atoms with Crippen molar-refractivity contribution in [2.45, 2.75) is 59.0 Å². The van der Waals surface area contributed by atoms with Gasteiger partial charge in [0.1, 0.15) is 6.10 Å². The number of fused-ring (bicyclic) bond motifs is 1. The zero-order valence-electron chi connectivity index (χ0n) is 10.8. The molecular weight excluding hydrogens is 216 g/mol. The smallest absolute Gasteiger partial charge is 0.302 e. The third-order valence-corrected chi connectivity index (χ3v) is 4.23. The highest BCUT2D eigenvalue weighted by Crippen LogP contribution is 2.49. The standard InChI is InChI=1S/C14H20O3/c1-9-12-5-4-11(17-10(2)15)8-14(12,3)7-6-13(9)16/h11H,4-8H2,1-3H3/t11-,14-/m1/s1. The number of carbonyl (C=O) groups excluding carboxylic acids is 2. The Morgan fingerprint density at radius 1 is 1.41 bits per heavy atom. The van der Waals surface area contributed by atoms with Crippen LogP contribution in [0.25, 0.3) is 0 Å². The maximum atomic E-state index is 11.7. The summed E-state index contributed by atoms with van der Waals surface area (Å²) in [4.78, 5) is 22.7. The molecule has 0 aromatic heterocycles. The summed E-state index contributed by atoms with van der Waals surface area (Å²) in [6.45, 7) is 5.61. The van der Waals surface area contributed by atoms with Crippen molar-refractivity contribution >= 4 is 11.8 Å². The van der Waals surface area contributed by atoms with E-state index >= 15 is 0 Å². The number of esters is 1. The molecular formula is C14H20O3. The lowest BCUT2D eigenvalue weighted by molar-refractivity contribution is -0.149. The Hall–Kier alpha value is -1.12. The predicted molar refractivity (Wildman–Crippen MR) is 64.5 cm³/mol. The topological polar surface area (TPSA) is 43.4 Å². The molecule has 0 aromatic rings. The predicted octanol–water partition coefficient (Wildman–Crippen LogP) is 2.79. The zero-order valence-corrected chi connectivity index (χ0v) is 10.8. The van der Waals surface area contributed by atoms with Crippen molar-refractivity contribution in [2.24, 2.45) is 5.41 Å². The molecule has 0 spiro atoms. The SMILES string of the molecule is CC(=O)O[C@@H]1CCC2=C(C)C(=O)CC[C@]2(C)C1. The van der Waals surface area contributed by atoms with Crippen LogP contribution in [0.1, 0.15) is 52.9 Å². The van der Waals surface area contributed by atoms with E-state index in [2.05, 4.69) is 6.92 Å². The van der Waals surface area contributed by atoms with Gasteiger partial charge in [0.25, 0.3) is 0 Å². The molecule has 17 heavy (non-hydrogen) atoms. The van der Waals surface area contributed by atoms with Crippen LogP contribution in [0, 0.1) is 5.41 Å². The van der Waals surface area contributed by atoms with Crippen LogP contribution in [0.3, 0.4) is 0 Å². The van der Waals surface area contributed by atoms with Crippen LogP contribution in [0.2, 0.25) is 0 Å².